The van der Waals surface area contributed by atoms with Gasteiger partial charge in [0.15, 0.2) is 11.5 Å². The van der Waals surface area contributed by atoms with Crippen LogP contribution in [0.3, 0.4) is 0 Å². The molecule has 0 aliphatic carbocycles. The van der Waals surface area contributed by atoms with E-state index < -0.39 is 28.6 Å². The van der Waals surface area contributed by atoms with Gasteiger partial charge in [-0.05, 0) is 53.7 Å². The zero-order valence-corrected chi connectivity index (χ0v) is 15.5. The number of amides is 2. The highest BCUT2D eigenvalue weighted by atomic mass is 32.2. The number of carbonyl (C=O) groups is 2. The zero-order chi connectivity index (χ0) is 21.2. The van der Waals surface area contributed by atoms with Crippen LogP contribution in [0, 0.1) is 11.3 Å². The van der Waals surface area contributed by atoms with E-state index in [1.54, 1.807) is 6.07 Å². The Bertz CT molecular complexity index is 1070. The van der Waals surface area contributed by atoms with Gasteiger partial charge in [0.1, 0.15) is 5.75 Å². The molecule has 0 bridgehead atoms. The van der Waals surface area contributed by atoms with Crippen LogP contribution in [-0.2, 0) is 11.0 Å². The summed E-state index contributed by atoms with van der Waals surface area (Å²) in [5.41, 5.74) is -0.764. The first-order valence-corrected chi connectivity index (χ1v) is 8.75. The first-order chi connectivity index (χ1) is 13.7. The molecular weight excluding hydrogens is 409 g/mol. The van der Waals surface area contributed by atoms with Crippen molar-refractivity contribution in [1.29, 1.82) is 5.26 Å². The van der Waals surface area contributed by atoms with E-state index in [4.69, 9.17) is 14.7 Å². The normalized spacial score (nSPS) is 15.2. The molecule has 2 aromatic carbocycles. The molecule has 1 fully saturated rings. The number of methoxy groups -OCH3 is 1. The summed E-state index contributed by atoms with van der Waals surface area (Å²) in [6.45, 7) is 0. The van der Waals surface area contributed by atoms with Gasteiger partial charge >= 0.3 is 6.18 Å². The maximum absolute atomic E-state index is 13.3. The number of hydrogen-bond donors (Lipinski definition) is 1. The minimum Gasteiger partial charge on any atom is -0.493 e. The molecule has 0 atom stereocenters. The van der Waals surface area contributed by atoms with Gasteiger partial charge in [-0.15, -0.1) is 0 Å². The first-order valence-electron chi connectivity index (χ1n) is 7.93. The highest BCUT2D eigenvalue weighted by molar-refractivity contribution is 8.18. The molecule has 0 unspecified atom stereocenters. The van der Waals surface area contributed by atoms with Crippen LogP contribution in [0.25, 0.3) is 6.08 Å². The predicted molar refractivity (Wildman–Crippen MR) is 98.3 cm³/mol. The monoisotopic (exact) mass is 420 g/mol. The number of benzene rings is 2. The Morgan fingerprint density at radius 1 is 1.10 bits per heavy atom. The molecule has 1 heterocycles. The van der Waals surface area contributed by atoms with Crippen molar-refractivity contribution in [3.63, 3.8) is 0 Å². The fourth-order valence-electron chi connectivity index (χ4n) is 2.46. The third-order valence-corrected chi connectivity index (χ3v) is 4.57. The van der Waals surface area contributed by atoms with Crippen molar-refractivity contribution in [3.05, 3.63) is 58.0 Å². The van der Waals surface area contributed by atoms with Gasteiger partial charge in [0.05, 0.1) is 29.2 Å². The number of nitriles is 1. The van der Waals surface area contributed by atoms with E-state index in [-0.39, 0.29) is 22.0 Å². The van der Waals surface area contributed by atoms with E-state index >= 15 is 0 Å². The molecule has 148 valence electrons. The molecule has 2 aromatic rings. The molecule has 1 saturated heterocycles. The lowest BCUT2D eigenvalue weighted by molar-refractivity contribution is -0.138. The molecule has 3 rings (SSSR count). The van der Waals surface area contributed by atoms with Crippen molar-refractivity contribution in [2.24, 2.45) is 0 Å². The topological polar surface area (TPSA) is 88.4 Å². The van der Waals surface area contributed by atoms with Gasteiger partial charge in [-0.2, -0.15) is 18.4 Å². The highest BCUT2D eigenvalue weighted by Gasteiger charge is 2.35. The second-order valence-electron chi connectivity index (χ2n) is 5.69. The van der Waals surface area contributed by atoms with Gasteiger partial charge in [-0.1, -0.05) is 6.07 Å². The van der Waals surface area contributed by atoms with Crippen LogP contribution >= 0.6 is 11.8 Å². The number of alkyl halides is 3. The number of ether oxygens (including phenoxy) is 2. The quantitative estimate of drug-likeness (QED) is 0.722. The molecule has 0 radical (unpaired) electrons. The number of nitrogens with one attached hydrogen (secondary N) is 1. The molecule has 0 saturated carbocycles. The molecular formula is C19H11F3N2O4S. The second-order valence-corrected chi connectivity index (χ2v) is 6.70. The van der Waals surface area contributed by atoms with Crippen LogP contribution in [0.4, 0.5) is 18.0 Å². The first kappa shape index (κ1) is 20.3. The van der Waals surface area contributed by atoms with Crippen LogP contribution in [0.5, 0.6) is 17.2 Å². The molecule has 0 aromatic heterocycles. The predicted octanol–water partition coefficient (Wildman–Crippen LogP) is 4.70. The molecule has 0 spiro atoms. The Morgan fingerprint density at radius 2 is 1.83 bits per heavy atom. The van der Waals surface area contributed by atoms with Crippen LogP contribution < -0.4 is 14.8 Å². The van der Waals surface area contributed by atoms with E-state index in [1.165, 1.54) is 37.5 Å². The Morgan fingerprint density at radius 3 is 2.41 bits per heavy atom. The summed E-state index contributed by atoms with van der Waals surface area (Å²) in [5, 5.41) is 10.5. The van der Waals surface area contributed by atoms with Crippen LogP contribution in [0.15, 0.2) is 41.3 Å². The van der Waals surface area contributed by atoms with Crippen LogP contribution in [0.2, 0.25) is 0 Å². The number of imide groups is 1. The summed E-state index contributed by atoms with van der Waals surface area (Å²) in [4.78, 5) is 23.0. The third-order valence-electron chi connectivity index (χ3n) is 3.76. The van der Waals surface area contributed by atoms with Crippen molar-refractivity contribution < 1.29 is 32.2 Å². The summed E-state index contributed by atoms with van der Waals surface area (Å²) in [5.74, 6) is -0.903. The van der Waals surface area contributed by atoms with Crippen molar-refractivity contribution in [2.75, 3.05) is 7.11 Å². The van der Waals surface area contributed by atoms with Gasteiger partial charge in [0.2, 0.25) is 0 Å². The molecule has 1 N–H and O–H groups in total. The van der Waals surface area contributed by atoms with Crippen molar-refractivity contribution in [1.82, 2.24) is 5.32 Å². The number of carbonyl (C=O) groups excluding carboxylic acids is 2. The van der Waals surface area contributed by atoms with Gasteiger partial charge in [-0.3, -0.25) is 14.9 Å². The lowest BCUT2D eigenvalue weighted by Crippen LogP contribution is -2.17. The summed E-state index contributed by atoms with van der Waals surface area (Å²) in [7, 11) is 1.31. The molecule has 2 amide bonds. The number of hydrogen-bond acceptors (Lipinski definition) is 6. The SMILES string of the molecule is COc1cc(/C=C2\SC(=O)NC2=O)ccc1Oc1ccc(C#N)cc1C(F)(F)F. The summed E-state index contributed by atoms with van der Waals surface area (Å²) < 4.78 is 50.5. The van der Waals surface area contributed by atoms with Gasteiger partial charge in [-0.25, -0.2) is 0 Å². The fourth-order valence-corrected chi connectivity index (χ4v) is 3.14. The average Bonchev–Trinajstić information content (AvgIpc) is 2.99. The third kappa shape index (κ3) is 4.52. The molecule has 29 heavy (non-hydrogen) atoms. The minimum absolute atomic E-state index is 0.00413. The average molecular weight is 420 g/mol. The van der Waals surface area contributed by atoms with Gasteiger partial charge < -0.3 is 9.47 Å². The van der Waals surface area contributed by atoms with E-state index in [1.807, 2.05) is 0 Å². The summed E-state index contributed by atoms with van der Waals surface area (Å²) >= 11 is 0.735. The largest absolute Gasteiger partial charge is 0.493 e. The standard InChI is InChI=1S/C19H11F3N2O4S/c1-27-15-7-10(8-16-17(25)24-18(26)29-16)2-5-14(15)28-13-4-3-11(9-23)6-12(13)19(20,21)22/h2-8H,1H3,(H,24,25,26)/b16-8-. The fraction of sp³-hybridized carbons (Fsp3) is 0.105. The van der Waals surface area contributed by atoms with Crippen molar-refractivity contribution >= 4 is 29.0 Å². The maximum atomic E-state index is 13.3. The highest BCUT2D eigenvalue weighted by Crippen LogP contribution is 2.41. The summed E-state index contributed by atoms with van der Waals surface area (Å²) in [6.07, 6.45) is -3.28. The lowest BCUT2D eigenvalue weighted by atomic mass is 10.1. The zero-order valence-electron chi connectivity index (χ0n) is 14.7. The van der Waals surface area contributed by atoms with Crippen molar-refractivity contribution in [3.8, 4) is 23.3 Å². The summed E-state index contributed by atoms with van der Waals surface area (Å²) in [6, 6.07) is 8.96. The molecule has 6 nitrogen and oxygen atoms in total. The Labute approximate surface area is 166 Å². The van der Waals surface area contributed by atoms with Crippen molar-refractivity contribution in [2.45, 2.75) is 6.18 Å². The van der Waals surface area contributed by atoms with E-state index in [9.17, 15) is 22.8 Å². The van der Waals surface area contributed by atoms with Gasteiger partial charge in [0.25, 0.3) is 11.1 Å². The van der Waals surface area contributed by atoms with E-state index in [2.05, 4.69) is 5.32 Å². The Balaban J connectivity index is 1.95. The molecule has 1 aliphatic heterocycles. The van der Waals surface area contributed by atoms with E-state index in [0.717, 1.165) is 17.8 Å². The number of thioether (sulfide) groups is 1. The smallest absolute Gasteiger partial charge is 0.420 e. The lowest BCUT2D eigenvalue weighted by Gasteiger charge is -2.16. The number of nitrogens with zero attached hydrogens (tertiary/aromatic N) is 1. The number of rotatable bonds is 4. The minimum atomic E-state index is -4.72. The van der Waals surface area contributed by atoms with Crippen LogP contribution in [-0.4, -0.2) is 18.3 Å². The number of halogens is 3. The maximum Gasteiger partial charge on any atom is 0.420 e. The molecule has 10 heteroatoms. The second kappa shape index (κ2) is 7.89. The Kier molecular flexibility index (Phi) is 5.52. The van der Waals surface area contributed by atoms with Crippen LogP contribution in [0.1, 0.15) is 16.7 Å². The van der Waals surface area contributed by atoms with E-state index in [0.29, 0.717) is 11.6 Å². The van der Waals surface area contributed by atoms with Gasteiger partial charge in [0, 0.05) is 0 Å². The Hall–Kier alpha value is -3.45. The molecule has 1 aliphatic rings.